The second-order valence-electron chi connectivity index (χ2n) is 20.1. The molecule has 0 saturated carbocycles. The normalized spacial score (nSPS) is 15.9. The van der Waals surface area contributed by atoms with Gasteiger partial charge in [-0.15, -0.1) is 11.3 Å². The molecule has 2 aromatic heterocycles. The van der Waals surface area contributed by atoms with Gasteiger partial charge in [0.25, 0.3) is 11.8 Å². The molecule has 20 heteroatoms. The van der Waals surface area contributed by atoms with Crippen LogP contribution in [0.15, 0.2) is 109 Å². The summed E-state index contributed by atoms with van der Waals surface area (Å²) in [5.74, 6) is -3.83. The molecule has 4 heterocycles. The Morgan fingerprint density at radius 3 is 2.18 bits per heavy atom. The number of alkyl halides is 3. The maximum absolute atomic E-state index is 15.5. The summed E-state index contributed by atoms with van der Waals surface area (Å²) in [6.45, 7) is 11.3. The fraction of sp³-hybridized carbons (Fsp3) is 0.304. The van der Waals surface area contributed by atoms with E-state index in [4.69, 9.17) is 12.2 Å². The summed E-state index contributed by atoms with van der Waals surface area (Å²) in [4.78, 5) is 81.5. The number of pyridine rings is 1. The van der Waals surface area contributed by atoms with E-state index < -0.39 is 57.8 Å². The van der Waals surface area contributed by atoms with Crippen molar-refractivity contribution in [1.82, 2.24) is 25.5 Å². The van der Waals surface area contributed by atoms with E-state index in [0.717, 1.165) is 39.4 Å². The largest absolute Gasteiger partial charge is 0.420 e. The molecule has 5 amide bonds. The van der Waals surface area contributed by atoms with Crippen LogP contribution in [0.2, 0.25) is 0 Å². The van der Waals surface area contributed by atoms with Crippen molar-refractivity contribution in [3.8, 4) is 27.8 Å². The zero-order chi connectivity index (χ0) is 54.9. The van der Waals surface area contributed by atoms with E-state index in [1.807, 2.05) is 57.5 Å². The Hall–Kier alpha value is -7.89. The van der Waals surface area contributed by atoms with Crippen molar-refractivity contribution in [2.24, 2.45) is 5.41 Å². The van der Waals surface area contributed by atoms with Gasteiger partial charge in [-0.1, -0.05) is 69.3 Å². The van der Waals surface area contributed by atoms with Gasteiger partial charge >= 0.3 is 6.18 Å². The number of aryl methyl sites for hydroxylation is 2. The van der Waals surface area contributed by atoms with Crippen molar-refractivity contribution in [1.29, 1.82) is 5.26 Å². The van der Waals surface area contributed by atoms with Gasteiger partial charge in [-0.2, -0.15) is 18.4 Å². The molecule has 392 valence electrons. The number of halogens is 4. The van der Waals surface area contributed by atoms with E-state index in [9.17, 15) is 42.4 Å². The average Bonchev–Trinajstić information content (AvgIpc) is 4.10. The number of carbonyl (C=O) groups is 5. The molecule has 0 aliphatic carbocycles. The Bertz CT molecular complexity index is 3260. The summed E-state index contributed by atoms with van der Waals surface area (Å²) in [6, 6.07) is 26.4. The summed E-state index contributed by atoms with van der Waals surface area (Å²) >= 11 is 7.12. The molecule has 1 unspecified atom stereocenters. The fourth-order valence-electron chi connectivity index (χ4n) is 9.26. The minimum Gasteiger partial charge on any atom is -0.350 e. The second kappa shape index (κ2) is 21.8. The van der Waals surface area contributed by atoms with Gasteiger partial charge in [0.15, 0.2) is 10.9 Å². The van der Waals surface area contributed by atoms with Crippen LogP contribution in [0.1, 0.15) is 92.2 Å². The monoisotopic (exact) mass is 1070 g/mol. The first-order chi connectivity index (χ1) is 36.0. The predicted octanol–water partition coefficient (Wildman–Crippen LogP) is 10.1. The summed E-state index contributed by atoms with van der Waals surface area (Å²) < 4.78 is 56.9. The molecule has 8 rings (SSSR count). The van der Waals surface area contributed by atoms with Crippen LogP contribution in [-0.2, 0) is 38.3 Å². The van der Waals surface area contributed by atoms with Crippen LogP contribution >= 0.6 is 23.6 Å². The molecule has 4 aromatic carbocycles. The first kappa shape index (κ1) is 54.4. The standard InChI is InChI=1S/C56H53F4N9O5S2/c1-32-47(76-31-64-32)36-14-11-34(12-15-36)29-63-50(72)43-8-7-27-67(43)51(73)48(54(2,3)4)66-44(70)26-13-33-9-16-37(17-10-33)49(71)65-39-21-18-35(19-22-39)41-24-23-40(30-62-41)69-53(75)68(52(74)55(69,5)6)42-25-20-38(28-61)45(46(42)57)56(58,59)60/h9-12,14-25,30-31,43,48H,7-8,13,26-27,29H2,1-6H3,(H,63,72)(H,65,71)(H,66,70)/t43?,48-/m1/s1. The minimum atomic E-state index is -5.21. The number of hydrogen-bond acceptors (Lipinski definition) is 10. The second-order valence-corrected chi connectivity index (χ2v) is 21.3. The van der Waals surface area contributed by atoms with E-state index in [1.165, 1.54) is 31.0 Å². The Morgan fingerprint density at radius 2 is 1.58 bits per heavy atom. The van der Waals surface area contributed by atoms with Gasteiger partial charge in [0.1, 0.15) is 23.2 Å². The molecule has 76 heavy (non-hydrogen) atoms. The van der Waals surface area contributed by atoms with Crippen molar-refractivity contribution in [2.75, 3.05) is 21.7 Å². The van der Waals surface area contributed by atoms with E-state index in [0.29, 0.717) is 65.4 Å². The predicted molar refractivity (Wildman–Crippen MR) is 285 cm³/mol. The van der Waals surface area contributed by atoms with E-state index >= 15 is 4.39 Å². The van der Waals surface area contributed by atoms with Crippen molar-refractivity contribution < 1.29 is 41.5 Å². The van der Waals surface area contributed by atoms with Gasteiger partial charge in [-0.3, -0.25) is 33.9 Å². The number of amides is 5. The summed E-state index contributed by atoms with van der Waals surface area (Å²) in [5.41, 5.74) is 2.33. The molecule has 3 N–H and O–H groups in total. The molecule has 0 bridgehead atoms. The van der Waals surface area contributed by atoms with Crippen LogP contribution in [0, 0.1) is 29.5 Å². The van der Waals surface area contributed by atoms with Crippen LogP contribution in [0.5, 0.6) is 0 Å². The first-order valence-corrected chi connectivity index (χ1v) is 25.6. The highest BCUT2D eigenvalue weighted by Gasteiger charge is 2.52. The number of benzene rings is 4. The summed E-state index contributed by atoms with van der Waals surface area (Å²) in [5, 5.41) is 17.7. The molecular weight excluding hydrogens is 1020 g/mol. The van der Waals surface area contributed by atoms with Crippen molar-refractivity contribution in [3.63, 3.8) is 0 Å². The zero-order valence-electron chi connectivity index (χ0n) is 42.3. The van der Waals surface area contributed by atoms with Crippen molar-refractivity contribution in [2.45, 2.75) is 97.6 Å². The number of thiazole rings is 1. The van der Waals surface area contributed by atoms with E-state index in [-0.39, 0.29) is 35.2 Å². The van der Waals surface area contributed by atoms with Gasteiger partial charge in [-0.05, 0) is 123 Å². The summed E-state index contributed by atoms with van der Waals surface area (Å²) in [6.07, 6.45) is -2.17. The molecule has 2 aliphatic heterocycles. The number of carbonyl (C=O) groups excluding carboxylic acids is 5. The van der Waals surface area contributed by atoms with Gasteiger partial charge in [0.2, 0.25) is 17.7 Å². The molecule has 0 spiro atoms. The van der Waals surface area contributed by atoms with Crippen LogP contribution < -0.4 is 25.8 Å². The average molecular weight is 1070 g/mol. The quantitative estimate of drug-likeness (QED) is 0.0702. The third-order valence-electron chi connectivity index (χ3n) is 13.4. The van der Waals surface area contributed by atoms with Gasteiger partial charge in [0.05, 0.1) is 51.0 Å². The van der Waals surface area contributed by atoms with Crippen LogP contribution in [0.3, 0.4) is 0 Å². The first-order valence-electron chi connectivity index (χ1n) is 24.3. The number of nitrogens with one attached hydrogen (secondary N) is 3. The van der Waals surface area contributed by atoms with Crippen LogP contribution in [0.25, 0.3) is 21.7 Å². The molecule has 2 saturated heterocycles. The highest BCUT2D eigenvalue weighted by molar-refractivity contribution is 7.81. The highest BCUT2D eigenvalue weighted by Crippen LogP contribution is 2.42. The van der Waals surface area contributed by atoms with Crippen molar-refractivity contribution in [3.05, 3.63) is 148 Å². The molecular formula is C56H53F4N9O5S2. The Kier molecular flexibility index (Phi) is 15.6. The molecule has 2 fully saturated rings. The van der Waals surface area contributed by atoms with Gasteiger partial charge in [-0.25, -0.2) is 9.37 Å². The number of rotatable bonds is 14. The molecule has 14 nitrogen and oxygen atoms in total. The lowest BCUT2D eigenvalue weighted by Crippen LogP contribution is -2.57. The maximum Gasteiger partial charge on any atom is 0.420 e. The van der Waals surface area contributed by atoms with Crippen LogP contribution in [-0.4, -0.2) is 73.7 Å². The highest BCUT2D eigenvalue weighted by atomic mass is 32.1. The molecule has 6 aromatic rings. The SMILES string of the molecule is Cc1ncsc1-c1ccc(CNC(=O)C2CCCN2C(=O)[C@@H](NC(=O)CCc2ccc(C(=O)Nc3ccc(-c4ccc(N5C(=S)N(c6ccc(C#N)c(C(F)(F)F)c6F)C(=O)C5(C)C)cn4)cc3)cc2)C(C)(C)C)cc1. The van der Waals surface area contributed by atoms with Gasteiger partial charge in [0, 0.05) is 36.3 Å². The Labute approximate surface area is 446 Å². The number of likely N-dealkylation sites (tertiary alicyclic amines) is 1. The number of nitriles is 1. The maximum atomic E-state index is 15.5. The van der Waals surface area contributed by atoms with Crippen molar-refractivity contribution >= 4 is 75.3 Å². The number of anilines is 3. The summed E-state index contributed by atoms with van der Waals surface area (Å²) in [7, 11) is 0. The molecule has 2 atom stereocenters. The van der Waals surface area contributed by atoms with E-state index in [1.54, 1.807) is 76.9 Å². The lowest BCUT2D eigenvalue weighted by atomic mass is 9.85. The molecule has 0 radical (unpaired) electrons. The lowest BCUT2D eigenvalue weighted by Gasteiger charge is -2.35. The third kappa shape index (κ3) is 11.4. The minimum absolute atomic E-state index is 0.0821. The van der Waals surface area contributed by atoms with E-state index in [2.05, 4.69) is 25.9 Å². The van der Waals surface area contributed by atoms with Crippen LogP contribution in [0.4, 0.5) is 34.6 Å². The zero-order valence-corrected chi connectivity index (χ0v) is 44.0. The topological polar surface area (TPSA) is 181 Å². The number of nitrogens with zero attached hydrogens (tertiary/aromatic N) is 6. The Balaban J connectivity index is 0.827. The smallest absolute Gasteiger partial charge is 0.350 e. The van der Waals surface area contributed by atoms with Gasteiger partial charge < -0.3 is 25.8 Å². The third-order valence-corrected chi connectivity index (χ3v) is 14.8. The number of aromatic nitrogens is 2. The fourth-order valence-corrected chi connectivity index (χ4v) is 10.6. The lowest BCUT2D eigenvalue weighted by molar-refractivity contribution is -0.143. The number of thiocarbonyl (C=S) groups is 1. The Morgan fingerprint density at radius 1 is 0.908 bits per heavy atom. The number of hydrogen-bond donors (Lipinski definition) is 3. The molecule has 2 aliphatic rings.